The Morgan fingerprint density at radius 1 is 0.474 bits per heavy atom. The molecule has 0 aliphatic rings. The Morgan fingerprint density at radius 2 is 1.16 bits per heavy atom. The Kier molecular flexibility index (Phi) is 4.64. The summed E-state index contributed by atoms with van der Waals surface area (Å²) in [6, 6.07) is 23.0. The summed E-state index contributed by atoms with van der Waals surface area (Å²) in [5.74, 6) is -0.241. The predicted octanol–water partition coefficient (Wildman–Crippen LogP) is 13.9. The van der Waals surface area contributed by atoms with Crippen LogP contribution in [0.2, 0.25) is 0 Å². The molecule has 0 saturated heterocycles. The van der Waals surface area contributed by atoms with E-state index in [1.807, 2.05) is 42.5 Å². The molecular formula is C51H30N4OS. The molecule has 0 amide bonds. The lowest BCUT2D eigenvalue weighted by Crippen LogP contribution is -2.03. The highest BCUT2D eigenvalue weighted by Gasteiger charge is 2.20. The molecule has 0 bridgehead atoms. The summed E-state index contributed by atoms with van der Waals surface area (Å²) in [5.41, 5.74) is 1.83. The number of furan rings is 1. The molecule has 5 nitrogen and oxygen atoms in total. The average Bonchev–Trinajstić information content (AvgIpc) is 4.09. The SMILES string of the molecule is [2H]c1cc([2H])c2c(c1[2H])c1c([2H])c([2H])c([2H])c([2H])c1n2-c1ccccc1-c1nc(-c2cccc(-c3cccc4c3sc3ccccc34)c2)nc(-c2c([2H])c([2H])c3c(oc4c([2H])c([2H])c([2H])c([2H])c43)c2[2H])n1. The van der Waals surface area contributed by atoms with Crippen molar-refractivity contribution in [1.82, 2.24) is 19.5 Å². The minimum absolute atomic E-state index is 0.0247. The minimum atomic E-state index is -0.572. The van der Waals surface area contributed by atoms with E-state index in [0.29, 0.717) is 5.56 Å². The predicted molar refractivity (Wildman–Crippen MR) is 236 cm³/mol. The molecule has 8 aromatic carbocycles. The molecule has 0 atom stereocenters. The number of para-hydroxylation sites is 4. The van der Waals surface area contributed by atoms with Crippen LogP contribution in [0.1, 0.15) is 19.2 Å². The average molecular weight is 761 g/mol. The fourth-order valence-corrected chi connectivity index (χ4v) is 8.75. The second-order valence-electron chi connectivity index (χ2n) is 13.3. The summed E-state index contributed by atoms with van der Waals surface area (Å²) in [6.07, 6.45) is 0. The van der Waals surface area contributed by atoms with Crippen molar-refractivity contribution in [3.63, 3.8) is 0 Å². The summed E-state index contributed by atoms with van der Waals surface area (Å²) < 4.78 is 134. The second-order valence-corrected chi connectivity index (χ2v) is 14.3. The lowest BCUT2D eigenvalue weighted by atomic mass is 10.0. The monoisotopic (exact) mass is 760 g/mol. The van der Waals surface area contributed by atoms with Gasteiger partial charge >= 0.3 is 0 Å². The van der Waals surface area contributed by atoms with Gasteiger partial charge in [0, 0.05) is 58.4 Å². The van der Waals surface area contributed by atoms with Crippen LogP contribution in [-0.4, -0.2) is 19.5 Å². The van der Waals surface area contributed by atoms with Crippen LogP contribution in [-0.2, 0) is 0 Å². The van der Waals surface area contributed by atoms with Crippen LogP contribution < -0.4 is 0 Å². The third kappa shape index (κ3) is 5.04. The van der Waals surface area contributed by atoms with E-state index in [1.54, 1.807) is 41.7 Å². The third-order valence-corrected chi connectivity index (χ3v) is 11.3. The summed E-state index contributed by atoms with van der Waals surface area (Å²) in [4.78, 5) is 14.8. The van der Waals surface area contributed by atoms with Crippen molar-refractivity contribution in [1.29, 1.82) is 0 Å². The Bertz CT molecular complexity index is 4380. The summed E-state index contributed by atoms with van der Waals surface area (Å²) in [5, 5.41) is 1.83. The highest BCUT2D eigenvalue weighted by atomic mass is 32.1. The number of benzene rings is 8. The van der Waals surface area contributed by atoms with Gasteiger partial charge in [-0.1, -0.05) is 127 Å². The van der Waals surface area contributed by atoms with Crippen LogP contribution in [0.5, 0.6) is 0 Å². The van der Waals surface area contributed by atoms with Gasteiger partial charge in [-0.2, -0.15) is 0 Å². The first-order chi connectivity index (χ1) is 34.1. The molecule has 0 spiro atoms. The number of hydrogen-bond acceptors (Lipinski definition) is 5. The van der Waals surface area contributed by atoms with Crippen LogP contribution in [0, 0.1) is 0 Å². The number of nitrogens with zero attached hydrogens (tertiary/aromatic N) is 4. The van der Waals surface area contributed by atoms with Crippen molar-refractivity contribution in [3.05, 3.63) is 182 Å². The van der Waals surface area contributed by atoms with Crippen molar-refractivity contribution >= 4 is 75.3 Å². The maximum absolute atomic E-state index is 9.55. The third-order valence-electron chi connectivity index (χ3n) is 10.0. The van der Waals surface area contributed by atoms with Gasteiger partial charge < -0.3 is 8.98 Å². The molecular weight excluding hydrogens is 717 g/mol. The van der Waals surface area contributed by atoms with Crippen molar-refractivity contribution in [3.8, 4) is 51.0 Å². The summed E-state index contributed by atoms with van der Waals surface area (Å²) in [6.45, 7) is 0. The number of fused-ring (bicyclic) bond motifs is 9. The Balaban J connectivity index is 1.16. The van der Waals surface area contributed by atoms with E-state index >= 15 is 0 Å². The van der Waals surface area contributed by atoms with Crippen molar-refractivity contribution in [2.24, 2.45) is 0 Å². The van der Waals surface area contributed by atoms with Gasteiger partial charge in [-0.3, -0.25) is 0 Å². The fourth-order valence-electron chi connectivity index (χ4n) is 7.51. The fraction of sp³-hybridized carbons (Fsp3) is 0. The first kappa shape index (κ1) is 21.0. The number of hydrogen-bond donors (Lipinski definition) is 0. The molecule has 0 aliphatic carbocycles. The van der Waals surface area contributed by atoms with Crippen LogP contribution in [0.4, 0.5) is 0 Å². The van der Waals surface area contributed by atoms with Gasteiger partial charge in [-0.05, 0) is 65.6 Å². The first-order valence-corrected chi connectivity index (χ1v) is 18.7. The molecule has 4 heterocycles. The lowest BCUT2D eigenvalue weighted by Gasteiger charge is -2.15. The van der Waals surface area contributed by atoms with Gasteiger partial charge in [0.25, 0.3) is 0 Å². The number of thiophene rings is 1. The normalized spacial score (nSPS) is 15.3. The molecule has 266 valence electrons. The van der Waals surface area contributed by atoms with E-state index in [1.165, 1.54) is 10.6 Å². The molecule has 0 N–H and O–H groups in total. The zero-order valence-corrected chi connectivity index (χ0v) is 30.2. The minimum Gasteiger partial charge on any atom is -0.456 e. The van der Waals surface area contributed by atoms with Crippen LogP contribution in [0.25, 0.3) is 115 Å². The van der Waals surface area contributed by atoms with Crippen molar-refractivity contribution < 1.29 is 23.6 Å². The molecule has 0 radical (unpaired) electrons. The van der Waals surface area contributed by atoms with E-state index in [2.05, 4.69) is 18.2 Å². The standard InChI is InChI=1S/C51H30N4OS/c1-6-22-42-35(15-1)36-16-2-7-23-43(36)55(42)44-24-8-3-19-41(44)51-53-49(52-50(54-51)33-27-28-38-37-17-4-9-25-45(37)56-46(38)30-33)32-14-11-13-31(29-32)34-20-12-21-40-39-18-5-10-26-47(39)57-48(34)40/h1-30H/i1D,2D,4D,6D,9D,15D,16D,17D,22D,23D,25D,27D,28D,30D. The smallest absolute Gasteiger partial charge is 0.166 e. The molecule has 57 heavy (non-hydrogen) atoms. The van der Waals surface area contributed by atoms with Gasteiger partial charge in [0.1, 0.15) is 11.2 Å². The number of aromatic nitrogens is 4. The molecule has 0 saturated carbocycles. The first-order valence-electron chi connectivity index (χ1n) is 24.9. The Labute approximate surface area is 350 Å². The lowest BCUT2D eigenvalue weighted by molar-refractivity contribution is 0.669. The largest absolute Gasteiger partial charge is 0.456 e. The molecule has 0 fully saturated rings. The molecule has 12 rings (SSSR count). The summed E-state index contributed by atoms with van der Waals surface area (Å²) >= 11 is 1.66. The molecule has 6 heteroatoms. The zero-order chi connectivity index (χ0) is 49.6. The Hall–Kier alpha value is -7.41. The zero-order valence-electron chi connectivity index (χ0n) is 43.3. The van der Waals surface area contributed by atoms with Gasteiger partial charge in [0.05, 0.1) is 35.9 Å². The van der Waals surface area contributed by atoms with E-state index in [0.717, 1.165) is 31.3 Å². The number of rotatable bonds is 5. The van der Waals surface area contributed by atoms with Gasteiger partial charge in [0.15, 0.2) is 17.5 Å². The van der Waals surface area contributed by atoms with Gasteiger partial charge in [0.2, 0.25) is 0 Å². The van der Waals surface area contributed by atoms with Crippen LogP contribution >= 0.6 is 11.3 Å². The quantitative estimate of drug-likeness (QED) is 0.175. The van der Waals surface area contributed by atoms with E-state index in [4.69, 9.17) is 33.1 Å². The van der Waals surface area contributed by atoms with Crippen LogP contribution in [0.3, 0.4) is 0 Å². The van der Waals surface area contributed by atoms with Crippen molar-refractivity contribution in [2.45, 2.75) is 0 Å². The summed E-state index contributed by atoms with van der Waals surface area (Å²) in [7, 11) is 0. The maximum atomic E-state index is 9.55. The maximum Gasteiger partial charge on any atom is 0.166 e. The van der Waals surface area contributed by atoms with Gasteiger partial charge in [-0.15, -0.1) is 11.3 Å². The highest BCUT2D eigenvalue weighted by molar-refractivity contribution is 7.26. The van der Waals surface area contributed by atoms with E-state index in [9.17, 15) is 5.48 Å². The van der Waals surface area contributed by atoms with Gasteiger partial charge in [-0.25, -0.2) is 15.0 Å². The molecule has 4 aromatic heterocycles. The second kappa shape index (κ2) is 12.6. The Morgan fingerprint density at radius 3 is 2.11 bits per heavy atom. The van der Waals surface area contributed by atoms with Crippen molar-refractivity contribution in [2.75, 3.05) is 0 Å². The molecule has 0 aliphatic heterocycles. The topological polar surface area (TPSA) is 56.7 Å². The van der Waals surface area contributed by atoms with Crippen LogP contribution in [0.15, 0.2) is 186 Å². The highest BCUT2D eigenvalue weighted by Crippen LogP contribution is 2.41. The van der Waals surface area contributed by atoms with E-state index < -0.39 is 66.5 Å². The molecule has 0 unspecified atom stereocenters. The van der Waals surface area contributed by atoms with E-state index in [-0.39, 0.29) is 96.2 Å². The molecule has 12 aromatic rings.